The third-order valence-electron chi connectivity index (χ3n) is 15.8. The van der Waals surface area contributed by atoms with Crippen molar-refractivity contribution in [1.29, 1.82) is 0 Å². The summed E-state index contributed by atoms with van der Waals surface area (Å²) in [4.78, 5) is 0. The molecule has 1 aliphatic rings. The molecule has 0 atom stereocenters. The Hall–Kier alpha value is -8.32. The van der Waals surface area contributed by atoms with E-state index >= 15 is 0 Å². The minimum atomic E-state index is -0.189. The van der Waals surface area contributed by atoms with Crippen LogP contribution in [0.15, 0.2) is 218 Å². The second-order valence-electron chi connectivity index (χ2n) is 19.5. The number of benzene rings is 14. The van der Waals surface area contributed by atoms with Gasteiger partial charge in [-0.1, -0.05) is 220 Å². The predicted octanol–water partition coefficient (Wildman–Crippen LogP) is 18.8. The van der Waals surface area contributed by atoms with Gasteiger partial charge in [-0.2, -0.15) is 0 Å². The lowest BCUT2D eigenvalue weighted by molar-refractivity contribution is 0.661. The summed E-state index contributed by atoms with van der Waals surface area (Å²) in [5, 5.41) is 20.9. The molecule has 0 fully saturated rings. The van der Waals surface area contributed by atoms with Gasteiger partial charge in [0.2, 0.25) is 0 Å². The van der Waals surface area contributed by atoms with Crippen molar-refractivity contribution in [2.24, 2.45) is 0 Å². The molecule has 14 aromatic rings. The summed E-state index contributed by atoms with van der Waals surface area (Å²) in [7, 11) is 0. The number of rotatable bonds is 4. The van der Waals surface area contributed by atoms with Gasteiger partial charge in [0.15, 0.2) is 0 Å². The van der Waals surface area contributed by atoms with E-state index in [1.807, 2.05) is 0 Å². The normalized spacial score (nSPS) is 13.3. The van der Waals surface area contributed by atoms with Crippen molar-refractivity contribution in [3.05, 3.63) is 230 Å². The Morgan fingerprint density at radius 1 is 0.224 bits per heavy atom. The zero-order valence-electron chi connectivity index (χ0n) is 37.3. The first kappa shape index (κ1) is 37.0. The summed E-state index contributed by atoms with van der Waals surface area (Å²) in [6.07, 6.45) is 0. The summed E-state index contributed by atoms with van der Waals surface area (Å²) < 4.78 is 0. The molecule has 0 saturated carbocycles. The molecule has 0 amide bonds. The van der Waals surface area contributed by atoms with Gasteiger partial charge in [-0.3, -0.25) is 0 Å². The maximum atomic E-state index is 2.48. The van der Waals surface area contributed by atoms with Crippen molar-refractivity contribution < 1.29 is 0 Å². The lowest BCUT2D eigenvalue weighted by Crippen LogP contribution is -2.15. The number of hydrogen-bond donors (Lipinski definition) is 0. The summed E-state index contributed by atoms with van der Waals surface area (Å²) >= 11 is 0. The first-order chi connectivity index (χ1) is 33.0. The van der Waals surface area contributed by atoms with Crippen LogP contribution in [0.2, 0.25) is 0 Å². The predicted molar refractivity (Wildman–Crippen MR) is 288 cm³/mol. The molecule has 15 rings (SSSR count). The van der Waals surface area contributed by atoms with Crippen LogP contribution in [0.1, 0.15) is 25.0 Å². The molecule has 310 valence electrons. The molecule has 14 aromatic carbocycles. The van der Waals surface area contributed by atoms with Crippen LogP contribution in [-0.4, -0.2) is 0 Å². The monoisotopic (exact) mass is 846 g/mol. The largest absolute Gasteiger partial charge is 0.0610 e. The molecule has 0 saturated heterocycles. The zero-order valence-corrected chi connectivity index (χ0v) is 37.3. The Morgan fingerprint density at radius 2 is 0.522 bits per heavy atom. The fourth-order valence-electron chi connectivity index (χ4n) is 12.6. The fraction of sp³-hybridized carbons (Fsp3) is 0.0448. The molecule has 0 bridgehead atoms. The molecule has 0 spiro atoms. The van der Waals surface area contributed by atoms with Crippen molar-refractivity contribution in [2.75, 3.05) is 0 Å². The van der Waals surface area contributed by atoms with Gasteiger partial charge >= 0.3 is 0 Å². The smallest absolute Gasteiger partial charge is 0.0159 e. The molecular weight excluding hydrogens is 805 g/mol. The zero-order chi connectivity index (χ0) is 44.1. The highest BCUT2D eigenvalue weighted by atomic mass is 14.4. The van der Waals surface area contributed by atoms with Crippen molar-refractivity contribution in [3.63, 3.8) is 0 Å². The van der Waals surface area contributed by atoms with Crippen LogP contribution in [0.5, 0.6) is 0 Å². The number of fused-ring (bicyclic) bond motifs is 5. The third kappa shape index (κ3) is 5.08. The fourth-order valence-corrected chi connectivity index (χ4v) is 12.6. The van der Waals surface area contributed by atoms with Crippen molar-refractivity contribution in [3.8, 4) is 55.6 Å². The van der Waals surface area contributed by atoms with Gasteiger partial charge in [0.1, 0.15) is 0 Å². The molecule has 0 nitrogen and oxygen atoms in total. The molecular formula is C67H42. The molecule has 1 aliphatic carbocycles. The van der Waals surface area contributed by atoms with Crippen LogP contribution in [0, 0.1) is 0 Å². The van der Waals surface area contributed by atoms with Gasteiger partial charge in [0.05, 0.1) is 0 Å². The third-order valence-corrected chi connectivity index (χ3v) is 15.8. The second-order valence-corrected chi connectivity index (χ2v) is 19.5. The Kier molecular flexibility index (Phi) is 7.38. The van der Waals surface area contributed by atoms with Crippen molar-refractivity contribution in [2.45, 2.75) is 19.3 Å². The van der Waals surface area contributed by atoms with Crippen LogP contribution in [0.4, 0.5) is 0 Å². The quantitative estimate of drug-likeness (QED) is 0.155. The lowest BCUT2D eigenvalue weighted by atomic mass is 9.80. The molecule has 0 radical (unpaired) electrons. The molecule has 67 heavy (non-hydrogen) atoms. The standard InChI is InChI=1S/C67H42/c1-67(2)61-37-45(47-13-5-17-51-49(47)15-7-19-53(51)55-31-25-43-23-21-39-9-3-11-41-27-35-59(55)65(43)63(39)41)29-33-57(61)58-34-30-46(38-62(58)67)48-14-6-18-52-50(48)16-8-20-54(52)56-32-26-44-24-22-40-10-4-12-42-28-36-60(56)66(44)64(40)42/h3-38H,1-2H3. The highest BCUT2D eigenvalue weighted by molar-refractivity contribution is 6.28. The van der Waals surface area contributed by atoms with Crippen LogP contribution in [0.25, 0.3) is 142 Å². The highest BCUT2D eigenvalue weighted by Crippen LogP contribution is 2.52. The van der Waals surface area contributed by atoms with E-state index in [4.69, 9.17) is 0 Å². The molecule has 0 aliphatic heterocycles. The summed E-state index contributed by atoms with van der Waals surface area (Å²) in [5.41, 5.74) is 15.4. The van der Waals surface area contributed by atoms with E-state index in [-0.39, 0.29) is 5.41 Å². The summed E-state index contributed by atoms with van der Waals surface area (Å²) in [5.74, 6) is 0. The van der Waals surface area contributed by atoms with Gasteiger partial charge in [0, 0.05) is 5.41 Å². The van der Waals surface area contributed by atoms with E-state index in [1.54, 1.807) is 0 Å². The lowest BCUT2D eigenvalue weighted by Gasteiger charge is -2.23. The van der Waals surface area contributed by atoms with Crippen LogP contribution >= 0.6 is 0 Å². The van der Waals surface area contributed by atoms with Gasteiger partial charge in [0.25, 0.3) is 0 Å². The SMILES string of the molecule is CC1(C)c2cc(-c3cccc4c(-c5ccc6ccc7cccc8ccc5c6c78)cccc34)ccc2-c2ccc(-c3cccc4c(-c5ccc6ccc7cccc8ccc5c6c78)cccc34)cc21. The van der Waals surface area contributed by atoms with E-state index in [0.717, 1.165) is 0 Å². The minimum absolute atomic E-state index is 0.189. The van der Waals surface area contributed by atoms with Crippen molar-refractivity contribution >= 4 is 86.2 Å². The molecule has 0 N–H and O–H groups in total. The molecule has 0 heterocycles. The average Bonchev–Trinajstić information content (AvgIpc) is 3.60. The Labute approximate surface area is 388 Å². The van der Waals surface area contributed by atoms with Crippen LogP contribution < -0.4 is 0 Å². The minimum Gasteiger partial charge on any atom is -0.0610 e. The average molecular weight is 847 g/mol. The first-order valence-corrected chi connectivity index (χ1v) is 23.7. The van der Waals surface area contributed by atoms with Crippen LogP contribution in [-0.2, 0) is 5.41 Å². The first-order valence-electron chi connectivity index (χ1n) is 23.7. The van der Waals surface area contributed by atoms with Gasteiger partial charge < -0.3 is 0 Å². The molecule has 0 heteroatoms. The maximum Gasteiger partial charge on any atom is 0.0159 e. The molecule has 0 aromatic heterocycles. The second kappa shape index (κ2) is 13.4. The van der Waals surface area contributed by atoms with E-state index in [2.05, 4.69) is 232 Å². The van der Waals surface area contributed by atoms with Gasteiger partial charge in [-0.25, -0.2) is 0 Å². The van der Waals surface area contributed by atoms with Crippen molar-refractivity contribution in [1.82, 2.24) is 0 Å². The van der Waals surface area contributed by atoms with E-state index < -0.39 is 0 Å². The van der Waals surface area contributed by atoms with Crippen LogP contribution in [0.3, 0.4) is 0 Å². The summed E-state index contributed by atoms with van der Waals surface area (Å²) in [6.45, 7) is 4.82. The van der Waals surface area contributed by atoms with E-state index in [1.165, 1.54) is 153 Å². The molecule has 0 unspecified atom stereocenters. The van der Waals surface area contributed by atoms with Gasteiger partial charge in [-0.05, 0) is 165 Å². The Bertz CT molecular complexity index is 4090. The van der Waals surface area contributed by atoms with E-state index in [0.29, 0.717) is 0 Å². The topological polar surface area (TPSA) is 0 Å². The summed E-state index contributed by atoms with van der Waals surface area (Å²) in [6, 6.07) is 82.8. The maximum absolute atomic E-state index is 2.48. The van der Waals surface area contributed by atoms with Gasteiger partial charge in [-0.15, -0.1) is 0 Å². The highest BCUT2D eigenvalue weighted by Gasteiger charge is 2.36. The Balaban J connectivity index is 0.823. The number of hydrogen-bond acceptors (Lipinski definition) is 0. The van der Waals surface area contributed by atoms with E-state index in [9.17, 15) is 0 Å². The Morgan fingerprint density at radius 3 is 0.940 bits per heavy atom.